The fourth-order valence-electron chi connectivity index (χ4n) is 1.42. The van der Waals surface area contributed by atoms with E-state index < -0.39 is 0 Å². The molecule has 0 saturated heterocycles. The van der Waals surface area contributed by atoms with Crippen molar-refractivity contribution in [2.45, 2.75) is 24.8 Å². The molecule has 1 aromatic rings. The first kappa shape index (κ1) is 9.08. The zero-order valence-corrected chi connectivity index (χ0v) is 9.01. The standard InChI is InChI=1S/C9H11.CH3.Mg/c1-8(2)9-6-4-3-5-7-9;;/h3-6,8H,1-2H3;1H3;. The van der Waals surface area contributed by atoms with Crippen LogP contribution in [0.15, 0.2) is 24.3 Å². The first-order valence-corrected chi connectivity index (χ1v) is 6.45. The van der Waals surface area contributed by atoms with Crippen molar-refractivity contribution < 1.29 is 0 Å². The van der Waals surface area contributed by atoms with E-state index in [1.807, 2.05) is 0 Å². The van der Waals surface area contributed by atoms with Crippen molar-refractivity contribution in [1.29, 1.82) is 0 Å². The van der Waals surface area contributed by atoms with Crippen LogP contribution in [0, 0.1) is 0 Å². The van der Waals surface area contributed by atoms with E-state index >= 15 is 0 Å². The van der Waals surface area contributed by atoms with Crippen molar-refractivity contribution in [2.24, 2.45) is 0 Å². The summed E-state index contributed by atoms with van der Waals surface area (Å²) in [7, 11) is 0. The molecule has 0 radical (unpaired) electrons. The Morgan fingerprint density at radius 2 is 1.82 bits per heavy atom. The Kier molecular flexibility index (Phi) is 3.40. The molecule has 0 amide bonds. The van der Waals surface area contributed by atoms with E-state index in [0.29, 0.717) is 5.92 Å². The molecule has 0 saturated carbocycles. The normalized spacial score (nSPS) is 9.82. The van der Waals surface area contributed by atoms with Crippen LogP contribution in [0.3, 0.4) is 0 Å². The van der Waals surface area contributed by atoms with Gasteiger partial charge in [0.05, 0.1) is 0 Å². The predicted octanol–water partition coefficient (Wildman–Crippen LogP) is 2.19. The molecule has 56 valence electrons. The molecular weight excluding hydrogens is 144 g/mol. The third-order valence-corrected chi connectivity index (χ3v) is 3.46. The lowest BCUT2D eigenvalue weighted by Gasteiger charge is -2.10. The second-order valence-electron chi connectivity index (χ2n) is 3.21. The average molecular weight is 159 g/mol. The molecule has 0 aromatic heterocycles. The SMILES string of the molecule is [CH3][Mg][c]1ccccc1C(C)C. The van der Waals surface area contributed by atoms with Gasteiger partial charge in [-0.25, -0.2) is 0 Å². The van der Waals surface area contributed by atoms with Gasteiger partial charge in [0.25, 0.3) is 0 Å². The minimum atomic E-state index is 0.0196. The first-order valence-electron chi connectivity index (χ1n) is 4.33. The number of benzene rings is 1. The van der Waals surface area contributed by atoms with Crippen LogP contribution in [-0.2, 0) is 0 Å². The van der Waals surface area contributed by atoms with Gasteiger partial charge in [0, 0.05) is 0 Å². The lowest BCUT2D eigenvalue weighted by atomic mass is 10.0. The highest BCUT2D eigenvalue weighted by Gasteiger charge is 2.03. The van der Waals surface area contributed by atoms with Crippen LogP contribution in [0.25, 0.3) is 0 Å². The smallest absolute Gasteiger partial charge is 0.171 e. The molecule has 0 aliphatic carbocycles. The van der Waals surface area contributed by atoms with E-state index in [4.69, 9.17) is 0 Å². The van der Waals surface area contributed by atoms with Gasteiger partial charge in [-0.05, 0) is 5.92 Å². The highest BCUT2D eigenvalue weighted by Crippen LogP contribution is 2.10. The Labute approximate surface area is 78.7 Å². The lowest BCUT2D eigenvalue weighted by molar-refractivity contribution is 0.873. The molecular formula is C10H14Mg. The zero-order chi connectivity index (χ0) is 8.27. The minimum absolute atomic E-state index is 0.0196. The first-order chi connectivity index (χ1) is 5.25. The third-order valence-electron chi connectivity index (χ3n) is 2.06. The summed E-state index contributed by atoms with van der Waals surface area (Å²) in [6.45, 7) is 4.53. The van der Waals surface area contributed by atoms with Gasteiger partial charge in [-0.3, -0.25) is 0 Å². The van der Waals surface area contributed by atoms with E-state index in [1.165, 1.54) is 0 Å². The summed E-state index contributed by atoms with van der Waals surface area (Å²) in [4.78, 5) is 0. The Bertz CT molecular complexity index is 228. The van der Waals surface area contributed by atoms with Crippen LogP contribution < -0.4 is 3.69 Å². The molecule has 0 aliphatic rings. The van der Waals surface area contributed by atoms with Gasteiger partial charge in [-0.1, -0.05) is 43.7 Å². The molecule has 0 spiro atoms. The van der Waals surface area contributed by atoms with Crippen molar-refractivity contribution in [3.05, 3.63) is 29.8 Å². The minimum Gasteiger partial charge on any atom is -0.171 e. The maximum absolute atomic E-state index is 2.35. The largest absolute Gasteiger partial charge is 0.405 e. The van der Waals surface area contributed by atoms with Crippen LogP contribution in [0.1, 0.15) is 25.3 Å². The van der Waals surface area contributed by atoms with Crippen molar-refractivity contribution in [1.82, 2.24) is 0 Å². The number of hydrogen-bond donors (Lipinski definition) is 0. The third kappa shape index (κ3) is 2.21. The maximum Gasteiger partial charge on any atom is 0.405 e. The van der Waals surface area contributed by atoms with Gasteiger partial charge >= 0.3 is 20.4 Å². The quantitative estimate of drug-likeness (QED) is 0.579. The summed E-state index contributed by atoms with van der Waals surface area (Å²) in [5.41, 5.74) is 1.56. The van der Waals surface area contributed by atoms with Crippen LogP contribution in [0.4, 0.5) is 0 Å². The summed E-state index contributed by atoms with van der Waals surface area (Å²) in [5.74, 6) is 0.693. The topological polar surface area (TPSA) is 0 Å². The molecule has 0 unspecified atom stereocenters. The van der Waals surface area contributed by atoms with Gasteiger partial charge in [-0.15, -0.1) is 5.05 Å². The van der Waals surface area contributed by atoms with Crippen molar-refractivity contribution in [3.8, 4) is 0 Å². The molecule has 0 N–H and O–H groups in total. The Balaban J connectivity index is 3.02. The van der Waals surface area contributed by atoms with Crippen molar-refractivity contribution in [2.75, 3.05) is 0 Å². The fraction of sp³-hybridized carbons (Fsp3) is 0.400. The van der Waals surface area contributed by atoms with E-state index in [-0.39, 0.29) is 20.4 Å². The fourth-order valence-corrected chi connectivity index (χ4v) is 2.73. The van der Waals surface area contributed by atoms with Gasteiger partial charge in [0.2, 0.25) is 0 Å². The Morgan fingerprint density at radius 1 is 1.18 bits per heavy atom. The van der Waals surface area contributed by atoms with Crippen LogP contribution in [0.5, 0.6) is 0 Å². The van der Waals surface area contributed by atoms with Gasteiger partial charge in [-0.2, -0.15) is 3.69 Å². The van der Waals surface area contributed by atoms with E-state index in [2.05, 4.69) is 43.2 Å². The number of hydrogen-bond acceptors (Lipinski definition) is 0. The highest BCUT2D eigenvalue weighted by atomic mass is 24.5. The molecule has 11 heavy (non-hydrogen) atoms. The van der Waals surface area contributed by atoms with Crippen molar-refractivity contribution in [3.63, 3.8) is 0 Å². The van der Waals surface area contributed by atoms with Crippen LogP contribution >= 0.6 is 0 Å². The molecule has 0 heterocycles. The summed E-state index contributed by atoms with van der Waals surface area (Å²) in [6, 6.07) is 8.83. The molecule has 0 nitrogen and oxygen atoms in total. The lowest BCUT2D eigenvalue weighted by Crippen LogP contribution is -2.16. The van der Waals surface area contributed by atoms with Gasteiger partial charge < -0.3 is 0 Å². The van der Waals surface area contributed by atoms with Gasteiger partial charge in [0.15, 0.2) is 0 Å². The zero-order valence-electron chi connectivity index (χ0n) is 7.59. The Morgan fingerprint density at radius 3 is 2.27 bits per heavy atom. The second-order valence-corrected chi connectivity index (χ2v) is 4.68. The van der Waals surface area contributed by atoms with E-state index in [9.17, 15) is 0 Å². The molecule has 1 aromatic carbocycles. The summed E-state index contributed by atoms with van der Waals surface area (Å²) in [5, 5.41) is 2.35. The molecule has 1 heteroatoms. The van der Waals surface area contributed by atoms with E-state index in [0.717, 1.165) is 0 Å². The number of rotatable bonds is 2. The maximum atomic E-state index is 2.35. The summed E-state index contributed by atoms with van der Waals surface area (Å²) < 4.78 is 1.63. The summed E-state index contributed by atoms with van der Waals surface area (Å²) >= 11 is 0.0196. The van der Waals surface area contributed by atoms with E-state index in [1.54, 1.807) is 9.26 Å². The Hall–Kier alpha value is -0.0138. The molecule has 0 aliphatic heterocycles. The monoisotopic (exact) mass is 158 g/mol. The van der Waals surface area contributed by atoms with Gasteiger partial charge in [0.1, 0.15) is 0 Å². The molecule has 0 bridgehead atoms. The highest BCUT2D eigenvalue weighted by molar-refractivity contribution is 6.52. The predicted molar refractivity (Wildman–Crippen MR) is 51.8 cm³/mol. The molecule has 1 rings (SSSR count). The van der Waals surface area contributed by atoms with Crippen LogP contribution in [0.2, 0.25) is 5.05 Å². The molecule has 0 atom stereocenters. The van der Waals surface area contributed by atoms with Crippen LogP contribution in [-0.4, -0.2) is 20.4 Å². The second kappa shape index (κ2) is 4.12. The summed E-state index contributed by atoms with van der Waals surface area (Å²) in [6.07, 6.45) is 0. The van der Waals surface area contributed by atoms with Crippen molar-refractivity contribution >= 4 is 24.1 Å². The average Bonchev–Trinajstić information content (AvgIpc) is 2.04. The molecule has 0 fully saturated rings.